The van der Waals surface area contributed by atoms with Crippen molar-refractivity contribution in [3.8, 4) is 0 Å². The Labute approximate surface area is 126 Å². The van der Waals surface area contributed by atoms with Crippen LogP contribution in [-0.2, 0) is 16.8 Å². The van der Waals surface area contributed by atoms with Crippen molar-refractivity contribution in [2.24, 2.45) is 5.92 Å². The molecule has 7 nitrogen and oxygen atoms in total. The normalized spacial score (nSPS) is 20.7. The molecule has 0 aromatic carbocycles. The number of imidazole rings is 1. The first-order chi connectivity index (χ1) is 10.1. The van der Waals surface area contributed by atoms with E-state index < -0.39 is 10.2 Å². The number of nitrogens with one attached hydrogen (secondary N) is 3. The summed E-state index contributed by atoms with van der Waals surface area (Å²) < 4.78 is 28.8. The predicted octanol–water partition coefficient (Wildman–Crippen LogP) is 0.456. The molecule has 0 spiro atoms. The summed E-state index contributed by atoms with van der Waals surface area (Å²) in [5, 5.41) is 3.38. The van der Waals surface area contributed by atoms with Crippen LogP contribution in [-0.4, -0.2) is 48.9 Å². The molecule has 0 aliphatic carbocycles. The smallest absolute Gasteiger partial charge is 0.279 e. The highest BCUT2D eigenvalue weighted by Crippen LogP contribution is 2.18. The fraction of sp³-hybridized carbons (Fsp3) is 0.769. The highest BCUT2D eigenvalue weighted by molar-refractivity contribution is 7.87. The van der Waals surface area contributed by atoms with E-state index >= 15 is 0 Å². The molecule has 0 amide bonds. The number of aromatic nitrogens is 2. The van der Waals surface area contributed by atoms with Gasteiger partial charge >= 0.3 is 0 Å². The summed E-state index contributed by atoms with van der Waals surface area (Å²) in [5.74, 6) is 0.397. The van der Waals surface area contributed by atoms with Crippen LogP contribution in [0.1, 0.15) is 31.9 Å². The molecular weight excluding hydrogens is 290 g/mol. The molecule has 120 valence electrons. The Hall–Kier alpha value is -0.960. The topological polar surface area (TPSA) is 90.1 Å². The Morgan fingerprint density at radius 2 is 2.38 bits per heavy atom. The average molecular weight is 315 g/mol. The second-order valence-corrected chi connectivity index (χ2v) is 7.23. The molecule has 0 saturated carbocycles. The van der Waals surface area contributed by atoms with Crippen LogP contribution in [0.3, 0.4) is 0 Å². The number of aromatic amines is 1. The first kappa shape index (κ1) is 16.4. The molecule has 2 rings (SSSR count). The Bertz CT molecular complexity index is 503. The zero-order valence-corrected chi connectivity index (χ0v) is 13.3. The molecule has 3 N–H and O–H groups in total. The zero-order valence-electron chi connectivity index (χ0n) is 12.5. The van der Waals surface area contributed by atoms with E-state index in [1.165, 1.54) is 0 Å². The van der Waals surface area contributed by atoms with Crippen molar-refractivity contribution < 1.29 is 8.42 Å². The minimum absolute atomic E-state index is 0.248. The third-order valence-electron chi connectivity index (χ3n) is 3.68. The van der Waals surface area contributed by atoms with Gasteiger partial charge in [-0.3, -0.25) is 0 Å². The quantitative estimate of drug-likeness (QED) is 0.608. The summed E-state index contributed by atoms with van der Waals surface area (Å²) in [6.45, 7) is 5.45. The summed E-state index contributed by atoms with van der Waals surface area (Å²) in [6.07, 6.45) is 6.27. The molecular formula is C13H25N5O2S. The number of hydrogen-bond donors (Lipinski definition) is 3. The first-order valence-corrected chi connectivity index (χ1v) is 8.98. The van der Waals surface area contributed by atoms with Crippen molar-refractivity contribution in [1.82, 2.24) is 24.3 Å². The molecule has 0 radical (unpaired) electrons. The molecule has 1 aliphatic rings. The van der Waals surface area contributed by atoms with Gasteiger partial charge in [-0.1, -0.05) is 6.92 Å². The fourth-order valence-electron chi connectivity index (χ4n) is 2.54. The van der Waals surface area contributed by atoms with Crippen LogP contribution < -0.4 is 10.0 Å². The number of hydrogen-bond acceptors (Lipinski definition) is 4. The van der Waals surface area contributed by atoms with Crippen LogP contribution in [0.2, 0.25) is 0 Å². The summed E-state index contributed by atoms with van der Waals surface area (Å²) in [4.78, 5) is 6.77. The summed E-state index contributed by atoms with van der Waals surface area (Å²) in [7, 11) is -3.42. The van der Waals surface area contributed by atoms with E-state index in [4.69, 9.17) is 0 Å². The minimum atomic E-state index is -3.42. The van der Waals surface area contributed by atoms with Crippen LogP contribution in [0.4, 0.5) is 0 Å². The van der Waals surface area contributed by atoms with Crippen LogP contribution in [0.25, 0.3) is 0 Å². The van der Waals surface area contributed by atoms with Crippen molar-refractivity contribution >= 4 is 10.2 Å². The molecule has 1 atom stereocenters. The minimum Gasteiger partial charge on any atom is -0.347 e. The molecule has 21 heavy (non-hydrogen) atoms. The van der Waals surface area contributed by atoms with E-state index in [-0.39, 0.29) is 6.54 Å². The highest BCUT2D eigenvalue weighted by atomic mass is 32.2. The Morgan fingerprint density at radius 3 is 3.10 bits per heavy atom. The lowest BCUT2D eigenvalue weighted by Gasteiger charge is -2.32. The van der Waals surface area contributed by atoms with Crippen molar-refractivity contribution in [2.45, 2.75) is 32.7 Å². The first-order valence-electron chi connectivity index (χ1n) is 7.54. The van der Waals surface area contributed by atoms with Gasteiger partial charge in [-0.2, -0.15) is 17.4 Å². The van der Waals surface area contributed by atoms with E-state index in [9.17, 15) is 8.42 Å². The second-order valence-electron chi connectivity index (χ2n) is 5.47. The van der Waals surface area contributed by atoms with Gasteiger partial charge in [-0.05, 0) is 38.3 Å². The van der Waals surface area contributed by atoms with Crippen molar-refractivity contribution in [3.63, 3.8) is 0 Å². The lowest BCUT2D eigenvalue weighted by molar-refractivity contribution is 0.258. The lowest BCUT2D eigenvalue weighted by Crippen LogP contribution is -2.47. The average Bonchev–Trinajstić information content (AvgIpc) is 2.99. The predicted molar refractivity (Wildman–Crippen MR) is 81.8 cm³/mol. The molecule has 2 heterocycles. The van der Waals surface area contributed by atoms with Crippen molar-refractivity contribution in [2.75, 3.05) is 26.2 Å². The van der Waals surface area contributed by atoms with Gasteiger partial charge < -0.3 is 10.3 Å². The molecule has 0 bridgehead atoms. The fourth-order valence-corrected chi connectivity index (χ4v) is 3.83. The molecule has 1 aromatic heterocycles. The maximum Gasteiger partial charge on any atom is 0.279 e. The zero-order chi connectivity index (χ0) is 15.1. The van der Waals surface area contributed by atoms with Crippen LogP contribution in [0, 0.1) is 5.92 Å². The summed E-state index contributed by atoms with van der Waals surface area (Å²) in [5.41, 5.74) is 0.761. The Kier molecular flexibility index (Phi) is 6.16. The van der Waals surface area contributed by atoms with Gasteiger partial charge in [0.25, 0.3) is 10.2 Å². The largest absolute Gasteiger partial charge is 0.347 e. The van der Waals surface area contributed by atoms with Gasteiger partial charge in [-0.25, -0.2) is 4.98 Å². The van der Waals surface area contributed by atoms with E-state index in [1.54, 1.807) is 16.8 Å². The van der Waals surface area contributed by atoms with Crippen LogP contribution in [0.5, 0.6) is 0 Å². The third kappa shape index (κ3) is 5.06. The van der Waals surface area contributed by atoms with E-state index in [0.717, 1.165) is 38.0 Å². The van der Waals surface area contributed by atoms with Crippen molar-refractivity contribution in [3.05, 3.63) is 18.2 Å². The van der Waals surface area contributed by atoms with Gasteiger partial charge in [0, 0.05) is 25.0 Å². The highest BCUT2D eigenvalue weighted by Gasteiger charge is 2.28. The van der Waals surface area contributed by atoms with E-state index in [0.29, 0.717) is 19.0 Å². The summed E-state index contributed by atoms with van der Waals surface area (Å²) >= 11 is 0. The van der Waals surface area contributed by atoms with E-state index in [1.807, 2.05) is 0 Å². The number of nitrogens with zero attached hydrogens (tertiary/aromatic N) is 2. The molecule has 1 saturated heterocycles. The SMILES string of the molecule is CCCNCC1CCCN(S(=O)(=O)NCc2cnc[nH]2)C1. The monoisotopic (exact) mass is 315 g/mol. The molecule has 8 heteroatoms. The number of rotatable bonds is 8. The standard InChI is InChI=1S/C13H25N5O2S/c1-2-5-14-7-12-4-3-6-18(10-12)21(19,20)17-9-13-8-15-11-16-13/h8,11-12,14,17H,2-7,9-10H2,1H3,(H,15,16). The Balaban J connectivity index is 1.83. The molecule has 1 unspecified atom stereocenters. The number of H-pyrrole nitrogens is 1. The van der Waals surface area contributed by atoms with Crippen molar-refractivity contribution in [1.29, 1.82) is 0 Å². The van der Waals surface area contributed by atoms with Crippen LogP contribution >= 0.6 is 0 Å². The number of piperidine rings is 1. The second kappa shape index (κ2) is 7.88. The lowest BCUT2D eigenvalue weighted by atomic mass is 10.00. The molecule has 1 fully saturated rings. The van der Waals surface area contributed by atoms with Gasteiger partial charge in [0.05, 0.1) is 12.9 Å². The third-order valence-corrected chi connectivity index (χ3v) is 5.20. The van der Waals surface area contributed by atoms with Gasteiger partial charge in [0.1, 0.15) is 0 Å². The maximum absolute atomic E-state index is 12.3. The summed E-state index contributed by atoms with van der Waals surface area (Å²) in [6, 6.07) is 0. The maximum atomic E-state index is 12.3. The Morgan fingerprint density at radius 1 is 1.52 bits per heavy atom. The van der Waals surface area contributed by atoms with Gasteiger partial charge in [0.15, 0.2) is 0 Å². The molecule has 1 aromatic rings. The van der Waals surface area contributed by atoms with Crippen LogP contribution in [0.15, 0.2) is 12.5 Å². The van der Waals surface area contributed by atoms with Gasteiger partial charge in [-0.15, -0.1) is 0 Å². The van der Waals surface area contributed by atoms with E-state index in [2.05, 4.69) is 26.9 Å². The van der Waals surface area contributed by atoms with Gasteiger partial charge in [0.2, 0.25) is 0 Å². The molecule has 1 aliphatic heterocycles.